The van der Waals surface area contributed by atoms with Crippen LogP contribution in [0.25, 0.3) is 0 Å². The third-order valence-electron chi connectivity index (χ3n) is 4.55. The van der Waals surface area contributed by atoms with E-state index < -0.39 is 33.7 Å². The van der Waals surface area contributed by atoms with Crippen molar-refractivity contribution < 1.29 is 27.1 Å². The van der Waals surface area contributed by atoms with Crippen LogP contribution < -0.4 is 0 Å². The van der Waals surface area contributed by atoms with Gasteiger partial charge in [-0.05, 0) is 55.8 Å². The first-order chi connectivity index (χ1) is 13.6. The molecule has 0 fully saturated rings. The lowest BCUT2D eigenvalue weighted by Crippen LogP contribution is -2.31. The highest BCUT2D eigenvalue weighted by Crippen LogP contribution is 2.21. The van der Waals surface area contributed by atoms with E-state index in [1.807, 2.05) is 0 Å². The molecule has 0 amide bonds. The SMILES string of the molecule is CCN(CC)S(=O)(=O)c1ccc(C)c(C(=O)O[C@@H](C)C(=O)c2ccc(F)cc2)c1. The Morgan fingerprint density at radius 1 is 1.07 bits per heavy atom. The maximum absolute atomic E-state index is 13.0. The Morgan fingerprint density at radius 2 is 1.66 bits per heavy atom. The Balaban J connectivity index is 2.26. The number of nitrogens with zero attached hydrogens (tertiary/aromatic N) is 1. The van der Waals surface area contributed by atoms with Crippen LogP contribution in [0.15, 0.2) is 47.4 Å². The van der Waals surface area contributed by atoms with Crippen molar-refractivity contribution in [3.63, 3.8) is 0 Å². The molecule has 8 heteroatoms. The number of carbonyl (C=O) groups excluding carboxylic acids is 2. The summed E-state index contributed by atoms with van der Waals surface area (Å²) in [5, 5.41) is 0. The summed E-state index contributed by atoms with van der Waals surface area (Å²) in [5.74, 6) is -1.77. The standard InChI is InChI=1S/C21H24FNO5S/c1-5-23(6-2)29(26,27)18-12-7-14(3)19(13-18)21(25)28-15(4)20(24)16-8-10-17(22)11-9-16/h7-13,15H,5-6H2,1-4H3/t15-/m0/s1. The number of hydrogen-bond donors (Lipinski definition) is 0. The minimum Gasteiger partial charge on any atom is -0.451 e. The summed E-state index contributed by atoms with van der Waals surface area (Å²) < 4.78 is 45.0. The third kappa shape index (κ3) is 5.07. The average molecular weight is 421 g/mol. The number of aryl methyl sites for hydroxylation is 1. The molecule has 0 spiro atoms. The predicted octanol–water partition coefficient (Wildman–Crippen LogP) is 3.59. The van der Waals surface area contributed by atoms with Crippen molar-refractivity contribution in [3.05, 3.63) is 65.0 Å². The molecule has 0 saturated heterocycles. The summed E-state index contributed by atoms with van der Waals surface area (Å²) in [4.78, 5) is 25.0. The monoisotopic (exact) mass is 421 g/mol. The Hall–Kier alpha value is -2.58. The van der Waals surface area contributed by atoms with Gasteiger partial charge in [-0.2, -0.15) is 4.31 Å². The van der Waals surface area contributed by atoms with E-state index in [0.29, 0.717) is 18.7 Å². The third-order valence-corrected chi connectivity index (χ3v) is 6.60. The molecule has 6 nitrogen and oxygen atoms in total. The molecule has 0 N–H and O–H groups in total. The summed E-state index contributed by atoms with van der Waals surface area (Å²) in [6.45, 7) is 7.12. The molecular weight excluding hydrogens is 397 g/mol. The topological polar surface area (TPSA) is 80.8 Å². The van der Waals surface area contributed by atoms with Crippen molar-refractivity contribution in [3.8, 4) is 0 Å². The van der Waals surface area contributed by atoms with Crippen LogP contribution in [0.5, 0.6) is 0 Å². The van der Waals surface area contributed by atoms with E-state index in [1.54, 1.807) is 20.8 Å². The van der Waals surface area contributed by atoms with Crippen molar-refractivity contribution >= 4 is 21.8 Å². The Kier molecular flexibility index (Phi) is 7.26. The predicted molar refractivity (Wildman–Crippen MR) is 107 cm³/mol. The number of ketones is 1. The number of benzene rings is 2. The molecule has 0 aliphatic heterocycles. The smallest absolute Gasteiger partial charge is 0.339 e. The van der Waals surface area contributed by atoms with Gasteiger partial charge in [-0.25, -0.2) is 17.6 Å². The number of Topliss-reactive ketones (excluding diaryl/α,β-unsaturated/α-hetero) is 1. The molecule has 2 rings (SSSR count). The molecule has 1 atom stereocenters. The quantitative estimate of drug-likeness (QED) is 0.481. The number of rotatable bonds is 8. The Morgan fingerprint density at radius 3 is 2.21 bits per heavy atom. The fourth-order valence-corrected chi connectivity index (χ4v) is 4.31. The van der Waals surface area contributed by atoms with E-state index in [9.17, 15) is 22.4 Å². The maximum Gasteiger partial charge on any atom is 0.339 e. The van der Waals surface area contributed by atoms with Crippen LogP contribution in [-0.4, -0.2) is 43.7 Å². The number of halogens is 1. The molecule has 2 aromatic rings. The van der Waals surface area contributed by atoms with Gasteiger partial charge >= 0.3 is 5.97 Å². The largest absolute Gasteiger partial charge is 0.451 e. The normalized spacial score (nSPS) is 12.6. The van der Waals surface area contributed by atoms with Gasteiger partial charge in [0.05, 0.1) is 10.5 Å². The van der Waals surface area contributed by atoms with Gasteiger partial charge in [-0.1, -0.05) is 19.9 Å². The van der Waals surface area contributed by atoms with E-state index >= 15 is 0 Å². The van der Waals surface area contributed by atoms with Gasteiger partial charge in [-0.15, -0.1) is 0 Å². The zero-order valence-corrected chi connectivity index (χ0v) is 17.6. The maximum atomic E-state index is 13.0. The molecule has 0 saturated carbocycles. The molecular formula is C21H24FNO5S. The van der Waals surface area contributed by atoms with Gasteiger partial charge in [0, 0.05) is 18.7 Å². The van der Waals surface area contributed by atoms with Crippen LogP contribution in [0.3, 0.4) is 0 Å². The van der Waals surface area contributed by atoms with E-state index in [-0.39, 0.29) is 16.0 Å². The average Bonchev–Trinajstić information content (AvgIpc) is 2.68. The molecule has 156 valence electrons. The lowest BCUT2D eigenvalue weighted by molar-refractivity contribution is 0.0318. The van der Waals surface area contributed by atoms with E-state index in [1.165, 1.54) is 41.6 Å². The van der Waals surface area contributed by atoms with Crippen LogP contribution in [0.2, 0.25) is 0 Å². The van der Waals surface area contributed by atoms with E-state index in [0.717, 1.165) is 12.1 Å². The van der Waals surface area contributed by atoms with E-state index in [4.69, 9.17) is 4.74 Å². The lowest BCUT2D eigenvalue weighted by atomic mass is 10.1. The molecule has 2 aromatic carbocycles. The fraction of sp³-hybridized carbons (Fsp3) is 0.333. The van der Waals surface area contributed by atoms with Crippen molar-refractivity contribution in [1.29, 1.82) is 0 Å². The number of ether oxygens (including phenoxy) is 1. The summed E-state index contributed by atoms with van der Waals surface area (Å²) in [6.07, 6.45) is -1.12. The zero-order chi connectivity index (χ0) is 21.8. The minimum atomic E-state index is -3.74. The Labute approximate surface area is 170 Å². The second-order valence-corrected chi connectivity index (χ2v) is 8.42. The first-order valence-corrected chi connectivity index (χ1v) is 10.7. The molecule has 0 heterocycles. The van der Waals surface area contributed by atoms with Crippen LogP contribution in [0.4, 0.5) is 4.39 Å². The zero-order valence-electron chi connectivity index (χ0n) is 16.8. The van der Waals surface area contributed by atoms with Crippen LogP contribution in [0, 0.1) is 12.7 Å². The highest BCUT2D eigenvalue weighted by Gasteiger charge is 2.26. The number of carbonyl (C=O) groups is 2. The van der Waals surface area contributed by atoms with Crippen molar-refractivity contribution in [2.45, 2.75) is 38.7 Å². The summed E-state index contributed by atoms with van der Waals surface area (Å²) >= 11 is 0. The van der Waals surface area contributed by atoms with Crippen LogP contribution >= 0.6 is 0 Å². The highest BCUT2D eigenvalue weighted by atomic mass is 32.2. The molecule has 0 aliphatic carbocycles. The Bertz CT molecular complexity index is 998. The first-order valence-electron chi connectivity index (χ1n) is 9.23. The molecule has 0 bridgehead atoms. The first kappa shape index (κ1) is 22.7. The minimum absolute atomic E-state index is 0.0173. The lowest BCUT2D eigenvalue weighted by Gasteiger charge is -2.19. The van der Waals surface area contributed by atoms with Gasteiger partial charge in [-0.3, -0.25) is 4.79 Å². The van der Waals surface area contributed by atoms with Crippen molar-refractivity contribution in [2.24, 2.45) is 0 Å². The van der Waals surface area contributed by atoms with Gasteiger partial charge in [0.15, 0.2) is 6.10 Å². The number of esters is 1. The second kappa shape index (κ2) is 9.28. The molecule has 0 radical (unpaired) electrons. The van der Waals surface area contributed by atoms with E-state index in [2.05, 4.69) is 0 Å². The van der Waals surface area contributed by atoms with Gasteiger partial charge in [0.1, 0.15) is 5.82 Å². The van der Waals surface area contributed by atoms with Gasteiger partial charge in [0.25, 0.3) is 0 Å². The number of hydrogen-bond acceptors (Lipinski definition) is 5. The van der Waals surface area contributed by atoms with Crippen LogP contribution in [0.1, 0.15) is 47.1 Å². The summed E-state index contributed by atoms with van der Waals surface area (Å²) in [7, 11) is -3.74. The molecule has 0 aliphatic rings. The van der Waals surface area contributed by atoms with Crippen LogP contribution in [-0.2, 0) is 14.8 Å². The second-order valence-electron chi connectivity index (χ2n) is 6.48. The van der Waals surface area contributed by atoms with Crippen molar-refractivity contribution in [2.75, 3.05) is 13.1 Å². The fourth-order valence-electron chi connectivity index (χ4n) is 2.82. The molecule has 0 unspecified atom stereocenters. The van der Waals surface area contributed by atoms with Crippen molar-refractivity contribution in [1.82, 2.24) is 4.31 Å². The summed E-state index contributed by atoms with van der Waals surface area (Å²) in [5.41, 5.74) is 0.799. The van der Waals surface area contributed by atoms with Gasteiger partial charge < -0.3 is 4.74 Å². The summed E-state index contributed by atoms with van der Waals surface area (Å²) in [6, 6.07) is 9.14. The highest BCUT2D eigenvalue weighted by molar-refractivity contribution is 7.89. The van der Waals surface area contributed by atoms with Gasteiger partial charge in [0.2, 0.25) is 15.8 Å². The molecule has 0 aromatic heterocycles. The number of sulfonamides is 1. The molecule has 29 heavy (non-hydrogen) atoms.